The zero-order chi connectivity index (χ0) is 16.7. The Morgan fingerprint density at radius 2 is 1.91 bits per heavy atom. The third-order valence-electron chi connectivity index (χ3n) is 2.41. The molecule has 8 heteroatoms. The Kier molecular flexibility index (Phi) is 7.14. The standard InChI is InChI=1S/C14H16Cl2N2O4/c1-8(2)6-17-14(21)18-12(19)7-22-13(20)10-4-3-9(15)5-11(10)16/h3-5,8H,6-7H2,1-2H3,(H2,17,18,19,21). The van der Waals surface area contributed by atoms with Crippen molar-refractivity contribution >= 4 is 41.1 Å². The highest BCUT2D eigenvalue weighted by Gasteiger charge is 2.15. The average molecular weight is 347 g/mol. The number of carbonyl (C=O) groups is 3. The average Bonchev–Trinajstić information content (AvgIpc) is 2.42. The molecule has 0 aliphatic rings. The monoisotopic (exact) mass is 346 g/mol. The molecule has 0 unspecified atom stereocenters. The molecule has 0 heterocycles. The molecule has 0 aliphatic carbocycles. The number of urea groups is 1. The number of amides is 3. The first-order chi connectivity index (χ1) is 10.3. The summed E-state index contributed by atoms with van der Waals surface area (Å²) in [5.74, 6) is -1.26. The minimum Gasteiger partial charge on any atom is -0.452 e. The fourth-order valence-corrected chi connectivity index (χ4v) is 1.85. The molecule has 3 amide bonds. The minimum atomic E-state index is -0.778. The van der Waals surface area contributed by atoms with E-state index in [2.05, 4.69) is 5.32 Å². The smallest absolute Gasteiger partial charge is 0.340 e. The van der Waals surface area contributed by atoms with Gasteiger partial charge < -0.3 is 10.1 Å². The second-order valence-electron chi connectivity index (χ2n) is 4.85. The van der Waals surface area contributed by atoms with Crippen molar-refractivity contribution in [3.8, 4) is 0 Å². The van der Waals surface area contributed by atoms with E-state index in [1.807, 2.05) is 19.2 Å². The number of rotatable bonds is 5. The fraction of sp³-hybridized carbons (Fsp3) is 0.357. The zero-order valence-corrected chi connectivity index (χ0v) is 13.6. The summed E-state index contributed by atoms with van der Waals surface area (Å²) in [5.41, 5.74) is 0.0862. The van der Waals surface area contributed by atoms with Crippen molar-refractivity contribution in [1.82, 2.24) is 10.6 Å². The van der Waals surface area contributed by atoms with Crippen LogP contribution in [0, 0.1) is 5.92 Å². The van der Waals surface area contributed by atoms with Crippen LogP contribution in [-0.2, 0) is 9.53 Å². The van der Waals surface area contributed by atoms with Crippen LogP contribution in [0.15, 0.2) is 18.2 Å². The van der Waals surface area contributed by atoms with Crippen LogP contribution in [0.25, 0.3) is 0 Å². The fourth-order valence-electron chi connectivity index (χ4n) is 1.37. The molecule has 120 valence electrons. The Morgan fingerprint density at radius 1 is 1.23 bits per heavy atom. The summed E-state index contributed by atoms with van der Waals surface area (Å²) in [6.07, 6.45) is 0. The number of hydrogen-bond acceptors (Lipinski definition) is 4. The molecule has 0 fully saturated rings. The molecular weight excluding hydrogens is 331 g/mol. The molecule has 0 atom stereocenters. The van der Waals surface area contributed by atoms with Gasteiger partial charge in [-0.25, -0.2) is 9.59 Å². The number of nitrogens with one attached hydrogen (secondary N) is 2. The lowest BCUT2D eigenvalue weighted by Gasteiger charge is -2.09. The number of halogens is 2. The van der Waals surface area contributed by atoms with Crippen molar-refractivity contribution in [3.05, 3.63) is 33.8 Å². The van der Waals surface area contributed by atoms with Gasteiger partial charge in [-0.05, 0) is 24.1 Å². The summed E-state index contributed by atoms with van der Waals surface area (Å²) in [5, 5.41) is 5.04. The van der Waals surface area contributed by atoms with Crippen LogP contribution < -0.4 is 10.6 Å². The Balaban J connectivity index is 2.43. The Labute approximate surface area is 138 Å². The molecule has 1 aromatic rings. The maximum Gasteiger partial charge on any atom is 0.340 e. The lowest BCUT2D eigenvalue weighted by Crippen LogP contribution is -2.42. The molecule has 0 aliphatic heterocycles. The second kappa shape index (κ2) is 8.60. The van der Waals surface area contributed by atoms with Gasteiger partial charge in [0, 0.05) is 11.6 Å². The van der Waals surface area contributed by atoms with Crippen LogP contribution in [0.5, 0.6) is 0 Å². The molecule has 0 radical (unpaired) electrons. The van der Waals surface area contributed by atoms with Gasteiger partial charge in [0.1, 0.15) is 0 Å². The van der Waals surface area contributed by atoms with Gasteiger partial charge in [-0.2, -0.15) is 0 Å². The highest BCUT2D eigenvalue weighted by molar-refractivity contribution is 6.36. The maximum atomic E-state index is 11.8. The zero-order valence-electron chi connectivity index (χ0n) is 12.1. The van der Waals surface area contributed by atoms with Crippen LogP contribution in [0.4, 0.5) is 4.79 Å². The topological polar surface area (TPSA) is 84.5 Å². The molecule has 1 aromatic carbocycles. The summed E-state index contributed by atoms with van der Waals surface area (Å²) < 4.78 is 4.78. The predicted octanol–water partition coefficient (Wildman–Crippen LogP) is 2.63. The number of imide groups is 1. The molecule has 0 aromatic heterocycles. The molecule has 0 saturated heterocycles. The molecule has 6 nitrogen and oxygen atoms in total. The van der Waals surface area contributed by atoms with Gasteiger partial charge in [0.15, 0.2) is 6.61 Å². The van der Waals surface area contributed by atoms with Crippen LogP contribution >= 0.6 is 23.2 Å². The number of ether oxygens (including phenoxy) is 1. The van der Waals surface area contributed by atoms with E-state index in [-0.39, 0.29) is 16.5 Å². The SMILES string of the molecule is CC(C)CNC(=O)NC(=O)COC(=O)c1ccc(Cl)cc1Cl. The first-order valence-electron chi connectivity index (χ1n) is 6.49. The normalized spacial score (nSPS) is 10.2. The lowest BCUT2D eigenvalue weighted by molar-refractivity contribution is -0.123. The van der Waals surface area contributed by atoms with E-state index in [0.717, 1.165) is 0 Å². The van der Waals surface area contributed by atoms with Crippen molar-refractivity contribution in [2.24, 2.45) is 5.92 Å². The van der Waals surface area contributed by atoms with Gasteiger partial charge in [-0.15, -0.1) is 0 Å². The first-order valence-corrected chi connectivity index (χ1v) is 7.25. The van der Waals surface area contributed by atoms with E-state index in [1.54, 1.807) is 0 Å². The van der Waals surface area contributed by atoms with E-state index >= 15 is 0 Å². The Bertz CT molecular complexity index is 576. The van der Waals surface area contributed by atoms with Crippen molar-refractivity contribution in [2.75, 3.05) is 13.2 Å². The van der Waals surface area contributed by atoms with Gasteiger partial charge in [0.05, 0.1) is 10.6 Å². The number of esters is 1. The molecule has 0 bridgehead atoms. The molecular formula is C14H16Cl2N2O4. The first kappa shape index (κ1) is 18.3. The van der Waals surface area contributed by atoms with Crippen LogP contribution in [-0.4, -0.2) is 31.1 Å². The van der Waals surface area contributed by atoms with Crippen LogP contribution in [0.1, 0.15) is 24.2 Å². The van der Waals surface area contributed by atoms with Crippen molar-refractivity contribution in [1.29, 1.82) is 0 Å². The van der Waals surface area contributed by atoms with Crippen molar-refractivity contribution in [3.63, 3.8) is 0 Å². The van der Waals surface area contributed by atoms with Gasteiger partial charge in [0.2, 0.25) is 0 Å². The van der Waals surface area contributed by atoms with Crippen molar-refractivity contribution in [2.45, 2.75) is 13.8 Å². The summed E-state index contributed by atoms with van der Waals surface area (Å²) in [6, 6.07) is 3.61. The van der Waals surface area contributed by atoms with E-state index < -0.39 is 24.5 Å². The van der Waals surface area contributed by atoms with E-state index in [9.17, 15) is 14.4 Å². The molecule has 2 N–H and O–H groups in total. The molecule has 0 spiro atoms. The minimum absolute atomic E-state index is 0.0862. The number of carbonyl (C=O) groups excluding carboxylic acids is 3. The quantitative estimate of drug-likeness (QED) is 0.802. The summed E-state index contributed by atoms with van der Waals surface area (Å²) >= 11 is 11.6. The van der Waals surface area contributed by atoms with Gasteiger partial charge in [-0.1, -0.05) is 37.0 Å². The lowest BCUT2D eigenvalue weighted by atomic mass is 10.2. The third-order valence-corrected chi connectivity index (χ3v) is 2.96. The van der Waals surface area contributed by atoms with Gasteiger partial charge in [0.25, 0.3) is 5.91 Å². The Morgan fingerprint density at radius 3 is 2.50 bits per heavy atom. The van der Waals surface area contributed by atoms with E-state index in [0.29, 0.717) is 11.6 Å². The number of hydrogen-bond donors (Lipinski definition) is 2. The summed E-state index contributed by atoms with van der Waals surface area (Å²) in [7, 11) is 0. The third kappa shape index (κ3) is 6.32. The highest BCUT2D eigenvalue weighted by Crippen LogP contribution is 2.21. The van der Waals surface area contributed by atoms with E-state index in [1.165, 1.54) is 18.2 Å². The second-order valence-corrected chi connectivity index (χ2v) is 5.70. The predicted molar refractivity (Wildman–Crippen MR) is 83.1 cm³/mol. The van der Waals surface area contributed by atoms with Crippen molar-refractivity contribution < 1.29 is 19.1 Å². The van der Waals surface area contributed by atoms with Crippen LogP contribution in [0.2, 0.25) is 10.0 Å². The highest BCUT2D eigenvalue weighted by atomic mass is 35.5. The maximum absolute atomic E-state index is 11.8. The number of benzene rings is 1. The molecule has 0 saturated carbocycles. The van der Waals surface area contributed by atoms with Gasteiger partial charge >= 0.3 is 12.0 Å². The summed E-state index contributed by atoms with van der Waals surface area (Å²) in [6.45, 7) is 3.67. The largest absolute Gasteiger partial charge is 0.452 e. The van der Waals surface area contributed by atoms with Gasteiger partial charge in [-0.3, -0.25) is 10.1 Å². The Hall–Kier alpha value is -1.79. The molecule has 22 heavy (non-hydrogen) atoms. The molecule has 1 rings (SSSR count). The van der Waals surface area contributed by atoms with E-state index in [4.69, 9.17) is 27.9 Å². The summed E-state index contributed by atoms with van der Waals surface area (Å²) in [4.78, 5) is 34.6. The van der Waals surface area contributed by atoms with Crippen LogP contribution in [0.3, 0.4) is 0 Å².